The van der Waals surface area contributed by atoms with Crippen LogP contribution < -0.4 is 5.19 Å². The third-order valence-electron chi connectivity index (χ3n) is 9.50. The normalized spacial score (nSPS) is 11.2. The average Bonchev–Trinajstić information content (AvgIpc) is 3.77. The van der Waals surface area contributed by atoms with Crippen LogP contribution in [0, 0.1) is 37.3 Å². The number of aromatic nitrogens is 4. The number of fused-ring (bicyclic) bond motifs is 4. The zero-order valence-electron chi connectivity index (χ0n) is 31.2. The molecule has 0 spiro atoms. The molecule has 271 valence electrons. The van der Waals surface area contributed by atoms with E-state index in [1.165, 1.54) is 20.7 Å². The Morgan fingerprint density at radius 3 is 2.20 bits per heavy atom. The van der Waals surface area contributed by atoms with Crippen molar-refractivity contribution in [3.63, 3.8) is 0 Å². The quantitative estimate of drug-likeness (QED) is 0.127. The Morgan fingerprint density at radius 1 is 0.782 bits per heavy atom. The molecule has 4 heterocycles. The molecule has 8 heteroatoms. The van der Waals surface area contributed by atoms with Gasteiger partial charge in [0.2, 0.25) is 0 Å². The molecule has 1 radical (unpaired) electrons. The summed E-state index contributed by atoms with van der Waals surface area (Å²) in [4.78, 5) is 14.3. The molecule has 0 aliphatic heterocycles. The topological polar surface area (TPSA) is 67.4 Å². The van der Waals surface area contributed by atoms with Gasteiger partial charge in [0, 0.05) is 48.1 Å². The van der Waals surface area contributed by atoms with Gasteiger partial charge in [0.1, 0.15) is 0 Å². The maximum Gasteiger partial charge on any atom is 0.0991 e. The molecule has 4 aromatic heterocycles. The van der Waals surface area contributed by atoms with Gasteiger partial charge in [0.05, 0.1) is 36.6 Å². The van der Waals surface area contributed by atoms with Gasteiger partial charge in [0.15, 0.2) is 0 Å². The van der Waals surface area contributed by atoms with Crippen molar-refractivity contribution in [3.05, 3.63) is 163 Å². The van der Waals surface area contributed by atoms with Crippen molar-refractivity contribution < 1.29 is 20.1 Å². The SMILES string of the molecule is C[Si](C)(C)c1ccc(-c2[c-]cccc2)nc1.Cc1cc(-n2c(-c3[c-]cc(-c4ccc(C#N)cc4)c4c3sc3ccccc34)nc3ccccc32)cc(C)n1.[Ir]. The van der Waals surface area contributed by atoms with Crippen LogP contribution in [0.2, 0.25) is 19.6 Å². The molecule has 0 N–H and O–H groups in total. The first-order valence-corrected chi connectivity index (χ1v) is 22.2. The number of rotatable bonds is 5. The monoisotopic (exact) mass is 924 g/mol. The minimum atomic E-state index is -1.23. The van der Waals surface area contributed by atoms with E-state index in [-0.39, 0.29) is 20.1 Å². The molecule has 0 amide bonds. The van der Waals surface area contributed by atoms with Crippen LogP contribution in [0.4, 0.5) is 0 Å². The number of aryl methyl sites for hydroxylation is 2. The predicted molar refractivity (Wildman–Crippen MR) is 227 cm³/mol. The zero-order valence-corrected chi connectivity index (χ0v) is 35.4. The summed E-state index contributed by atoms with van der Waals surface area (Å²) in [6.07, 6.45) is 2.02. The molecule has 0 fully saturated rings. The molecule has 5 aromatic carbocycles. The van der Waals surface area contributed by atoms with Gasteiger partial charge in [-0.25, -0.2) is 0 Å². The number of hydrogen-bond acceptors (Lipinski definition) is 5. The summed E-state index contributed by atoms with van der Waals surface area (Å²) in [5, 5.41) is 13.1. The fourth-order valence-corrected chi connectivity index (χ4v) is 9.09. The van der Waals surface area contributed by atoms with Gasteiger partial charge in [-0.1, -0.05) is 96.3 Å². The largest absolute Gasteiger partial charge is 0.333 e. The zero-order chi connectivity index (χ0) is 37.4. The fraction of sp³-hybridized carbons (Fsp3) is 0.106. The van der Waals surface area contributed by atoms with Crippen LogP contribution in [-0.2, 0) is 20.1 Å². The molecule has 5 nitrogen and oxygen atoms in total. The standard InChI is InChI=1S/C33H21N4S.C14H16NSi.Ir/c1-20-17-24(18-21(2)35-20)37-29-9-5-4-8-28(29)36-33(37)27-16-15-25(23-13-11-22(19-34)12-14-23)31-26-7-3-6-10-30(26)38-32(27)31;1-16(2,3)13-9-10-14(15-11-13)12-7-5-4-6-8-12;/h3-15,17-18H,1-2H3;4-7,9-11H,1-3H3;/q2*-1;. The number of hydrogen-bond donors (Lipinski definition) is 0. The van der Waals surface area contributed by atoms with Crippen molar-refractivity contribution in [1.29, 1.82) is 5.26 Å². The minimum absolute atomic E-state index is 0. The molecule has 0 saturated carbocycles. The van der Waals surface area contributed by atoms with Gasteiger partial charge in [-0.3, -0.25) is 9.97 Å². The van der Waals surface area contributed by atoms with Crippen LogP contribution in [0.1, 0.15) is 17.0 Å². The summed E-state index contributed by atoms with van der Waals surface area (Å²) in [5.41, 5.74) is 10.8. The number of nitrogens with zero attached hydrogens (tertiary/aromatic N) is 5. The number of para-hydroxylation sites is 2. The van der Waals surface area contributed by atoms with E-state index in [1.54, 1.807) is 11.3 Å². The molecular weight excluding hydrogens is 887 g/mol. The van der Waals surface area contributed by atoms with Crippen molar-refractivity contribution in [2.45, 2.75) is 33.5 Å². The van der Waals surface area contributed by atoms with E-state index >= 15 is 0 Å². The van der Waals surface area contributed by atoms with Crippen molar-refractivity contribution in [3.8, 4) is 45.5 Å². The summed E-state index contributed by atoms with van der Waals surface area (Å²) in [6.45, 7) is 11.0. The van der Waals surface area contributed by atoms with Crippen LogP contribution in [0.3, 0.4) is 0 Å². The Labute approximate surface area is 340 Å². The van der Waals surface area contributed by atoms with E-state index < -0.39 is 8.07 Å². The third kappa shape index (κ3) is 7.58. The molecule has 0 atom stereocenters. The summed E-state index contributed by atoms with van der Waals surface area (Å²) >= 11 is 1.77. The van der Waals surface area contributed by atoms with Gasteiger partial charge in [-0.2, -0.15) is 16.6 Å². The van der Waals surface area contributed by atoms with Crippen LogP contribution in [-0.4, -0.2) is 27.6 Å². The van der Waals surface area contributed by atoms with E-state index in [4.69, 9.17) is 4.98 Å². The summed E-state index contributed by atoms with van der Waals surface area (Å²) in [5.74, 6) is 0.860. The number of pyridine rings is 2. The van der Waals surface area contributed by atoms with Crippen LogP contribution in [0.5, 0.6) is 0 Å². The maximum absolute atomic E-state index is 9.29. The Morgan fingerprint density at radius 2 is 1.51 bits per heavy atom. The average molecular weight is 924 g/mol. The van der Waals surface area contributed by atoms with Gasteiger partial charge in [0.25, 0.3) is 0 Å². The molecule has 0 unspecified atom stereocenters. The Kier molecular flexibility index (Phi) is 10.7. The van der Waals surface area contributed by atoms with Gasteiger partial charge in [-0.05, 0) is 77.3 Å². The second kappa shape index (κ2) is 15.7. The van der Waals surface area contributed by atoms with Gasteiger partial charge >= 0.3 is 0 Å². The first kappa shape index (κ1) is 37.7. The third-order valence-corrected chi connectivity index (χ3v) is 12.7. The number of thiophene rings is 1. The number of imidazole rings is 1. The van der Waals surface area contributed by atoms with E-state index in [9.17, 15) is 5.26 Å². The van der Waals surface area contributed by atoms with Gasteiger partial charge in [-0.15, -0.1) is 48.0 Å². The smallest absolute Gasteiger partial charge is 0.0991 e. The Balaban J connectivity index is 0.000000231. The molecular formula is C47H37IrN5SSi-2. The molecule has 0 saturated heterocycles. The van der Waals surface area contributed by atoms with Crippen molar-refractivity contribution in [2.75, 3.05) is 0 Å². The molecule has 0 aliphatic carbocycles. The van der Waals surface area contributed by atoms with Crippen LogP contribution in [0.15, 0.2) is 134 Å². The van der Waals surface area contributed by atoms with E-state index in [0.717, 1.165) is 66.6 Å². The predicted octanol–water partition coefficient (Wildman–Crippen LogP) is 11.5. The molecule has 0 aliphatic rings. The number of benzene rings is 5. The summed E-state index contributed by atoms with van der Waals surface area (Å²) in [6, 6.07) is 52.1. The van der Waals surface area contributed by atoms with E-state index in [0.29, 0.717) is 5.56 Å². The van der Waals surface area contributed by atoms with E-state index in [2.05, 4.69) is 125 Å². The Bertz CT molecular complexity index is 2810. The van der Waals surface area contributed by atoms with Crippen LogP contribution >= 0.6 is 11.3 Å². The molecule has 55 heavy (non-hydrogen) atoms. The summed E-state index contributed by atoms with van der Waals surface area (Å²) < 4.78 is 4.59. The van der Waals surface area contributed by atoms with E-state index in [1.807, 2.05) is 74.6 Å². The van der Waals surface area contributed by atoms with Gasteiger partial charge < -0.3 is 9.55 Å². The first-order chi connectivity index (χ1) is 26.2. The van der Waals surface area contributed by atoms with Crippen molar-refractivity contribution in [2.24, 2.45) is 0 Å². The first-order valence-electron chi connectivity index (χ1n) is 17.9. The molecule has 0 bridgehead atoms. The minimum Gasteiger partial charge on any atom is -0.333 e. The Hall–Kier alpha value is -5.55. The second-order valence-corrected chi connectivity index (χ2v) is 20.5. The maximum atomic E-state index is 9.29. The number of nitriles is 1. The van der Waals surface area contributed by atoms with Crippen LogP contribution in [0.25, 0.3) is 70.7 Å². The summed E-state index contributed by atoms with van der Waals surface area (Å²) in [7, 11) is -1.23. The van der Waals surface area contributed by atoms with Crippen molar-refractivity contribution in [1.82, 2.24) is 19.5 Å². The fourth-order valence-electron chi connectivity index (χ4n) is 6.84. The van der Waals surface area contributed by atoms with Crippen molar-refractivity contribution >= 4 is 55.8 Å². The molecule has 9 aromatic rings. The second-order valence-electron chi connectivity index (χ2n) is 14.4. The molecule has 9 rings (SSSR count).